The van der Waals surface area contributed by atoms with Gasteiger partial charge in [-0.2, -0.15) is 0 Å². The van der Waals surface area contributed by atoms with E-state index in [1.807, 2.05) is 22.8 Å². The first-order valence-corrected chi connectivity index (χ1v) is 9.37. The van der Waals surface area contributed by atoms with Gasteiger partial charge >= 0.3 is 0 Å². The Labute approximate surface area is 154 Å². The van der Waals surface area contributed by atoms with Crippen LogP contribution in [0.5, 0.6) is 0 Å². The predicted molar refractivity (Wildman–Crippen MR) is 96.7 cm³/mol. The molecule has 3 aromatic heterocycles. The Bertz CT molecular complexity index is 838. The molecular formula is C17H19N5O3S. The van der Waals surface area contributed by atoms with Gasteiger partial charge in [0.2, 0.25) is 5.95 Å². The van der Waals surface area contributed by atoms with Crippen molar-refractivity contribution in [2.24, 2.45) is 0 Å². The minimum Gasteiger partial charge on any atom is -0.467 e. The Balaban J connectivity index is 1.54. The molecule has 0 bridgehead atoms. The summed E-state index contributed by atoms with van der Waals surface area (Å²) in [5, 5.41) is 9.37. The summed E-state index contributed by atoms with van der Waals surface area (Å²) in [4.78, 5) is 17.3. The van der Waals surface area contributed by atoms with Gasteiger partial charge in [-0.15, -0.1) is 10.2 Å². The number of furan rings is 1. The molecule has 0 saturated carbocycles. The molecule has 0 unspecified atom stereocenters. The average molecular weight is 373 g/mol. The van der Waals surface area contributed by atoms with E-state index in [0.29, 0.717) is 36.4 Å². The molecule has 0 aliphatic carbocycles. The highest BCUT2D eigenvalue weighted by Gasteiger charge is 2.22. The van der Waals surface area contributed by atoms with Crippen molar-refractivity contribution in [1.82, 2.24) is 19.7 Å². The Hall–Kier alpha value is -2.52. The van der Waals surface area contributed by atoms with Crippen LogP contribution in [-0.2, 0) is 11.3 Å². The molecule has 1 fully saturated rings. The minimum absolute atomic E-state index is 0.0282. The van der Waals surface area contributed by atoms with Crippen molar-refractivity contribution in [1.29, 1.82) is 0 Å². The van der Waals surface area contributed by atoms with Crippen LogP contribution in [0.3, 0.4) is 0 Å². The van der Waals surface area contributed by atoms with Crippen molar-refractivity contribution in [2.75, 3.05) is 37.0 Å². The molecule has 0 amide bonds. The lowest BCUT2D eigenvalue weighted by Crippen LogP contribution is -2.38. The van der Waals surface area contributed by atoms with Crippen LogP contribution in [0.15, 0.2) is 46.3 Å². The number of thioether (sulfide) groups is 1. The van der Waals surface area contributed by atoms with Crippen LogP contribution in [-0.4, -0.2) is 57.6 Å². The Morgan fingerprint density at radius 3 is 2.85 bits per heavy atom. The second kappa shape index (κ2) is 7.79. The fourth-order valence-corrected chi connectivity index (χ4v) is 3.61. The highest BCUT2D eigenvalue weighted by Crippen LogP contribution is 2.25. The van der Waals surface area contributed by atoms with Crippen molar-refractivity contribution >= 4 is 23.5 Å². The number of aromatic amines is 1. The average Bonchev–Trinajstić information content (AvgIpc) is 3.43. The van der Waals surface area contributed by atoms with Gasteiger partial charge in [0.25, 0.3) is 0 Å². The fraction of sp³-hybridized carbons (Fsp3) is 0.353. The van der Waals surface area contributed by atoms with Gasteiger partial charge in [-0.05, 0) is 24.3 Å². The molecule has 1 N–H and O–H groups in total. The summed E-state index contributed by atoms with van der Waals surface area (Å²) in [6, 6.07) is 7.36. The number of ether oxygens (including phenoxy) is 1. The molecule has 4 rings (SSSR count). The number of hydrogen-bond donors (Lipinski definition) is 1. The standard InChI is InChI=1S/C17H19N5O3S/c23-15(14-4-1-5-18-14)12-26-17-20-19-16(21-6-9-24-10-7-21)22(17)11-13-3-2-8-25-13/h1-5,8,18H,6-7,9-12H2. The number of aromatic nitrogens is 4. The third-order valence-electron chi connectivity index (χ3n) is 4.12. The van der Waals surface area contributed by atoms with E-state index >= 15 is 0 Å². The molecule has 4 heterocycles. The van der Waals surface area contributed by atoms with Crippen LogP contribution in [0.25, 0.3) is 0 Å². The quantitative estimate of drug-likeness (QED) is 0.501. The number of carbonyl (C=O) groups is 1. The van der Waals surface area contributed by atoms with E-state index < -0.39 is 0 Å². The van der Waals surface area contributed by atoms with Crippen LogP contribution < -0.4 is 4.90 Å². The topological polar surface area (TPSA) is 89.2 Å². The zero-order chi connectivity index (χ0) is 17.8. The molecule has 1 aliphatic rings. The van der Waals surface area contributed by atoms with Gasteiger partial charge in [0.1, 0.15) is 5.76 Å². The lowest BCUT2D eigenvalue weighted by atomic mass is 10.3. The van der Waals surface area contributed by atoms with Gasteiger partial charge in [0.05, 0.1) is 37.5 Å². The van der Waals surface area contributed by atoms with Gasteiger partial charge in [-0.3, -0.25) is 9.36 Å². The summed E-state index contributed by atoms with van der Waals surface area (Å²) in [6.07, 6.45) is 3.39. The maximum atomic E-state index is 12.3. The number of morpholine rings is 1. The van der Waals surface area contributed by atoms with Gasteiger partial charge in [-0.25, -0.2) is 0 Å². The van der Waals surface area contributed by atoms with Crippen LogP contribution in [0, 0.1) is 0 Å². The molecule has 0 spiro atoms. The summed E-state index contributed by atoms with van der Waals surface area (Å²) in [6.45, 7) is 3.39. The van der Waals surface area contributed by atoms with Crippen LogP contribution in [0.1, 0.15) is 16.2 Å². The number of Topliss-reactive ketones (excluding diaryl/α,β-unsaturated/α-hetero) is 1. The first-order chi connectivity index (χ1) is 12.8. The van der Waals surface area contributed by atoms with Crippen LogP contribution in [0.4, 0.5) is 5.95 Å². The van der Waals surface area contributed by atoms with E-state index in [1.54, 1.807) is 18.5 Å². The van der Waals surface area contributed by atoms with E-state index in [1.165, 1.54) is 11.8 Å². The molecule has 0 radical (unpaired) electrons. The summed E-state index contributed by atoms with van der Waals surface area (Å²) < 4.78 is 12.9. The Kier molecular flexibility index (Phi) is 5.07. The highest BCUT2D eigenvalue weighted by atomic mass is 32.2. The Morgan fingerprint density at radius 1 is 1.23 bits per heavy atom. The molecule has 136 valence electrons. The van der Waals surface area contributed by atoms with E-state index in [9.17, 15) is 4.79 Å². The monoisotopic (exact) mass is 373 g/mol. The van der Waals surface area contributed by atoms with Crippen molar-refractivity contribution in [3.8, 4) is 0 Å². The van der Waals surface area contributed by atoms with Gasteiger partial charge in [-0.1, -0.05) is 11.8 Å². The number of carbonyl (C=O) groups excluding carboxylic acids is 1. The van der Waals surface area contributed by atoms with Crippen molar-refractivity contribution in [2.45, 2.75) is 11.7 Å². The predicted octanol–water partition coefficient (Wildman–Crippen LogP) is 2.06. The molecular weight excluding hydrogens is 354 g/mol. The molecule has 9 heteroatoms. The second-order valence-corrected chi connectivity index (χ2v) is 6.79. The van der Waals surface area contributed by atoms with Gasteiger partial charge in [0.15, 0.2) is 10.9 Å². The number of ketones is 1. The molecule has 1 saturated heterocycles. The zero-order valence-electron chi connectivity index (χ0n) is 14.1. The van der Waals surface area contributed by atoms with E-state index in [0.717, 1.165) is 24.8 Å². The van der Waals surface area contributed by atoms with E-state index in [-0.39, 0.29) is 5.78 Å². The van der Waals surface area contributed by atoms with Gasteiger partial charge in [0, 0.05) is 19.3 Å². The SMILES string of the molecule is O=C(CSc1nnc(N2CCOCC2)n1Cc1ccco1)c1ccc[nH]1. The molecule has 3 aromatic rings. The molecule has 0 aromatic carbocycles. The first-order valence-electron chi connectivity index (χ1n) is 8.39. The largest absolute Gasteiger partial charge is 0.467 e. The second-order valence-electron chi connectivity index (χ2n) is 5.84. The number of nitrogens with zero attached hydrogens (tertiary/aromatic N) is 4. The smallest absolute Gasteiger partial charge is 0.228 e. The van der Waals surface area contributed by atoms with Crippen molar-refractivity contribution < 1.29 is 13.9 Å². The van der Waals surface area contributed by atoms with Crippen LogP contribution in [0.2, 0.25) is 0 Å². The number of hydrogen-bond acceptors (Lipinski definition) is 7. The number of H-pyrrole nitrogens is 1. The maximum absolute atomic E-state index is 12.3. The highest BCUT2D eigenvalue weighted by molar-refractivity contribution is 7.99. The third-order valence-corrected chi connectivity index (χ3v) is 5.08. The Morgan fingerprint density at radius 2 is 2.12 bits per heavy atom. The normalized spacial score (nSPS) is 14.7. The zero-order valence-corrected chi connectivity index (χ0v) is 14.9. The molecule has 0 atom stereocenters. The lowest BCUT2D eigenvalue weighted by Gasteiger charge is -2.27. The third kappa shape index (κ3) is 3.68. The molecule has 26 heavy (non-hydrogen) atoms. The molecule has 8 nitrogen and oxygen atoms in total. The van der Waals surface area contributed by atoms with E-state index in [2.05, 4.69) is 20.1 Å². The fourth-order valence-electron chi connectivity index (χ4n) is 2.79. The van der Waals surface area contributed by atoms with Crippen molar-refractivity contribution in [3.05, 3.63) is 48.2 Å². The summed E-state index contributed by atoms with van der Waals surface area (Å²) in [5.41, 5.74) is 0.600. The van der Waals surface area contributed by atoms with E-state index in [4.69, 9.17) is 9.15 Å². The number of nitrogens with one attached hydrogen (secondary N) is 1. The minimum atomic E-state index is 0.0282. The number of anilines is 1. The number of rotatable bonds is 7. The molecule has 1 aliphatic heterocycles. The summed E-state index contributed by atoms with van der Waals surface area (Å²) in [7, 11) is 0. The summed E-state index contributed by atoms with van der Waals surface area (Å²) >= 11 is 1.38. The maximum Gasteiger partial charge on any atom is 0.228 e. The van der Waals surface area contributed by atoms with Crippen molar-refractivity contribution in [3.63, 3.8) is 0 Å². The summed E-state index contributed by atoms with van der Waals surface area (Å²) in [5.74, 6) is 1.91. The van der Waals surface area contributed by atoms with Crippen LogP contribution >= 0.6 is 11.8 Å². The lowest BCUT2D eigenvalue weighted by molar-refractivity contribution is 0.101. The van der Waals surface area contributed by atoms with Gasteiger partial charge < -0.3 is 19.0 Å². The first kappa shape index (κ1) is 16.9.